The molecule has 0 saturated carbocycles. The molecule has 0 unspecified atom stereocenters. The third-order valence-electron chi connectivity index (χ3n) is 5.78. The van der Waals surface area contributed by atoms with Crippen LogP contribution in [0, 0.1) is 13.8 Å². The van der Waals surface area contributed by atoms with Crippen LogP contribution in [0.25, 0.3) is 17.1 Å². The Morgan fingerprint density at radius 2 is 1.85 bits per heavy atom. The highest BCUT2D eigenvalue weighted by Gasteiger charge is 2.21. The molecule has 5 rings (SSSR count). The zero-order valence-corrected chi connectivity index (χ0v) is 20.1. The van der Waals surface area contributed by atoms with E-state index in [1.807, 2.05) is 50.2 Å². The highest BCUT2D eigenvalue weighted by molar-refractivity contribution is 7.99. The zero-order valence-electron chi connectivity index (χ0n) is 19.3. The molecule has 1 aliphatic rings. The molecule has 8 nitrogen and oxygen atoms in total. The molecule has 0 N–H and O–H groups in total. The standard InChI is InChI=1S/C25H25N5O3S/c1-4-11-29-24(18-7-9-26-10-8-18)27-28-25(29)34-14-21(31)20-12-16(2)30(17(20)3)19-5-6-22-23(13-19)33-15-32-22/h5-10,12-13H,4,11,14-15H2,1-3H3. The molecule has 1 aliphatic heterocycles. The summed E-state index contributed by atoms with van der Waals surface area (Å²) in [6.45, 7) is 7.09. The molecule has 1 aromatic carbocycles. The van der Waals surface area contributed by atoms with Crippen LogP contribution in [0.2, 0.25) is 0 Å². The van der Waals surface area contributed by atoms with Gasteiger partial charge in [-0.1, -0.05) is 18.7 Å². The average molecular weight is 476 g/mol. The summed E-state index contributed by atoms with van der Waals surface area (Å²) in [6, 6.07) is 11.6. The Hall–Kier alpha value is -3.59. The van der Waals surface area contributed by atoms with Gasteiger partial charge in [-0.15, -0.1) is 10.2 Å². The number of pyridine rings is 1. The number of ether oxygens (including phenoxy) is 2. The molecule has 174 valence electrons. The molecule has 9 heteroatoms. The maximum atomic E-state index is 13.2. The van der Waals surface area contributed by atoms with Crippen molar-refractivity contribution in [1.29, 1.82) is 0 Å². The molecule has 0 saturated heterocycles. The van der Waals surface area contributed by atoms with Crippen LogP contribution >= 0.6 is 11.8 Å². The highest BCUT2D eigenvalue weighted by atomic mass is 32.2. The molecule has 0 bridgehead atoms. The Labute approximate surface area is 201 Å². The Bertz CT molecular complexity index is 1350. The number of carbonyl (C=O) groups excluding carboxylic acids is 1. The minimum Gasteiger partial charge on any atom is -0.454 e. The van der Waals surface area contributed by atoms with E-state index in [0.29, 0.717) is 11.3 Å². The van der Waals surface area contributed by atoms with Gasteiger partial charge >= 0.3 is 0 Å². The van der Waals surface area contributed by atoms with Gasteiger partial charge in [-0.05, 0) is 50.6 Å². The fraction of sp³-hybridized carbons (Fsp3) is 0.280. The number of aromatic nitrogens is 5. The van der Waals surface area contributed by atoms with Crippen molar-refractivity contribution < 1.29 is 14.3 Å². The largest absolute Gasteiger partial charge is 0.454 e. The minimum atomic E-state index is 0.0570. The summed E-state index contributed by atoms with van der Waals surface area (Å²) in [5, 5.41) is 9.50. The number of aryl methyl sites for hydroxylation is 1. The Kier molecular flexibility index (Phi) is 6.10. The lowest BCUT2D eigenvalue weighted by atomic mass is 10.2. The van der Waals surface area contributed by atoms with Crippen LogP contribution in [0.5, 0.6) is 11.5 Å². The average Bonchev–Trinajstić information content (AvgIpc) is 3.55. The normalized spacial score (nSPS) is 12.3. The summed E-state index contributed by atoms with van der Waals surface area (Å²) >= 11 is 1.42. The quantitative estimate of drug-likeness (QED) is 0.266. The van der Waals surface area contributed by atoms with Crippen LogP contribution in [0.3, 0.4) is 0 Å². The monoisotopic (exact) mass is 475 g/mol. The number of thioether (sulfide) groups is 1. The maximum absolute atomic E-state index is 13.2. The van der Waals surface area contributed by atoms with E-state index in [1.54, 1.807) is 12.4 Å². The molecule has 0 fully saturated rings. The van der Waals surface area contributed by atoms with Gasteiger partial charge in [0.15, 0.2) is 28.3 Å². The lowest BCUT2D eigenvalue weighted by Gasteiger charge is -2.11. The first-order chi connectivity index (χ1) is 16.6. The van der Waals surface area contributed by atoms with Gasteiger partial charge in [-0.25, -0.2) is 0 Å². The van der Waals surface area contributed by atoms with Crippen molar-refractivity contribution in [3.63, 3.8) is 0 Å². The first-order valence-electron chi connectivity index (χ1n) is 11.2. The second kappa shape index (κ2) is 9.34. The molecule has 3 aromatic heterocycles. The number of ketones is 1. The molecular weight excluding hydrogens is 450 g/mol. The number of nitrogens with zero attached hydrogens (tertiary/aromatic N) is 5. The van der Waals surface area contributed by atoms with Crippen LogP contribution in [-0.2, 0) is 6.54 Å². The number of fused-ring (bicyclic) bond motifs is 1. The fourth-order valence-electron chi connectivity index (χ4n) is 4.21. The summed E-state index contributed by atoms with van der Waals surface area (Å²) in [4.78, 5) is 17.3. The van der Waals surface area contributed by atoms with Gasteiger partial charge < -0.3 is 18.6 Å². The molecular formula is C25H25N5O3S. The van der Waals surface area contributed by atoms with Gasteiger partial charge in [-0.3, -0.25) is 9.78 Å². The highest BCUT2D eigenvalue weighted by Crippen LogP contribution is 2.35. The van der Waals surface area contributed by atoms with Crippen molar-refractivity contribution in [2.75, 3.05) is 12.5 Å². The molecule has 0 radical (unpaired) electrons. The Balaban J connectivity index is 1.37. The predicted molar refractivity (Wildman–Crippen MR) is 130 cm³/mol. The van der Waals surface area contributed by atoms with E-state index in [0.717, 1.165) is 52.3 Å². The topological polar surface area (TPSA) is 84.1 Å². The third kappa shape index (κ3) is 4.07. The smallest absolute Gasteiger partial charge is 0.231 e. The second-order valence-corrected chi connectivity index (χ2v) is 9.01. The predicted octanol–water partition coefficient (Wildman–Crippen LogP) is 4.86. The van der Waals surface area contributed by atoms with Gasteiger partial charge in [0.25, 0.3) is 0 Å². The van der Waals surface area contributed by atoms with Gasteiger partial charge in [0.2, 0.25) is 6.79 Å². The van der Waals surface area contributed by atoms with Crippen molar-refractivity contribution in [1.82, 2.24) is 24.3 Å². The summed E-state index contributed by atoms with van der Waals surface area (Å²) in [6.07, 6.45) is 4.42. The van der Waals surface area contributed by atoms with E-state index in [1.165, 1.54) is 11.8 Å². The first kappa shape index (κ1) is 22.2. The van der Waals surface area contributed by atoms with Crippen molar-refractivity contribution in [3.8, 4) is 28.6 Å². The SMILES string of the molecule is CCCn1c(SCC(=O)c2cc(C)n(-c3ccc4c(c3)OCO4)c2C)nnc1-c1ccncc1. The molecule has 4 heterocycles. The van der Waals surface area contributed by atoms with Crippen molar-refractivity contribution in [3.05, 3.63) is 65.7 Å². The van der Waals surface area contributed by atoms with Gasteiger partial charge in [0, 0.05) is 53.2 Å². The van der Waals surface area contributed by atoms with Gasteiger partial charge in [0.1, 0.15) is 0 Å². The Morgan fingerprint density at radius 1 is 1.06 bits per heavy atom. The maximum Gasteiger partial charge on any atom is 0.231 e. The lowest BCUT2D eigenvalue weighted by Crippen LogP contribution is -2.07. The Morgan fingerprint density at radius 3 is 2.65 bits per heavy atom. The van der Waals surface area contributed by atoms with Crippen LogP contribution in [-0.4, -0.2) is 42.6 Å². The number of hydrogen-bond donors (Lipinski definition) is 0. The van der Waals surface area contributed by atoms with Crippen molar-refractivity contribution in [2.45, 2.75) is 38.9 Å². The van der Waals surface area contributed by atoms with E-state index in [-0.39, 0.29) is 18.3 Å². The second-order valence-electron chi connectivity index (χ2n) is 8.06. The molecule has 4 aromatic rings. The zero-order chi connectivity index (χ0) is 23.7. The van der Waals surface area contributed by atoms with E-state index in [4.69, 9.17) is 9.47 Å². The number of benzene rings is 1. The fourth-order valence-corrected chi connectivity index (χ4v) is 5.06. The summed E-state index contributed by atoms with van der Waals surface area (Å²) in [5.41, 5.74) is 4.49. The van der Waals surface area contributed by atoms with Crippen LogP contribution < -0.4 is 9.47 Å². The molecule has 0 spiro atoms. The van der Waals surface area contributed by atoms with E-state index < -0.39 is 0 Å². The van der Waals surface area contributed by atoms with Crippen molar-refractivity contribution in [2.24, 2.45) is 0 Å². The molecule has 0 amide bonds. The molecule has 34 heavy (non-hydrogen) atoms. The minimum absolute atomic E-state index is 0.0570. The van der Waals surface area contributed by atoms with E-state index in [9.17, 15) is 4.79 Å². The van der Waals surface area contributed by atoms with Crippen LogP contribution in [0.4, 0.5) is 0 Å². The molecule has 0 aliphatic carbocycles. The third-order valence-corrected chi connectivity index (χ3v) is 6.75. The molecule has 0 atom stereocenters. The van der Waals surface area contributed by atoms with Gasteiger partial charge in [0.05, 0.1) is 5.75 Å². The number of rotatable bonds is 8. The lowest BCUT2D eigenvalue weighted by molar-refractivity contribution is 0.102. The van der Waals surface area contributed by atoms with E-state index >= 15 is 0 Å². The summed E-state index contributed by atoms with van der Waals surface area (Å²) in [7, 11) is 0. The number of Topliss-reactive ketones (excluding diaryl/α,β-unsaturated/α-hetero) is 1. The number of hydrogen-bond acceptors (Lipinski definition) is 7. The van der Waals surface area contributed by atoms with Crippen molar-refractivity contribution >= 4 is 17.5 Å². The number of carbonyl (C=O) groups is 1. The van der Waals surface area contributed by atoms with E-state index in [2.05, 4.69) is 31.2 Å². The summed E-state index contributed by atoms with van der Waals surface area (Å²) < 4.78 is 15.1. The van der Waals surface area contributed by atoms with Crippen LogP contribution in [0.1, 0.15) is 35.1 Å². The first-order valence-corrected chi connectivity index (χ1v) is 12.1. The van der Waals surface area contributed by atoms with Gasteiger partial charge in [-0.2, -0.15) is 0 Å². The summed E-state index contributed by atoms with van der Waals surface area (Å²) in [5.74, 6) is 2.58. The van der Waals surface area contributed by atoms with Crippen LogP contribution in [0.15, 0.2) is 53.9 Å².